The maximum atomic E-state index is 11.4. The van der Waals surface area contributed by atoms with E-state index < -0.39 is 5.60 Å². The molecule has 20 heavy (non-hydrogen) atoms. The van der Waals surface area contributed by atoms with Gasteiger partial charge in [0.05, 0.1) is 22.7 Å². The molecule has 0 atom stereocenters. The minimum absolute atomic E-state index is 0.00689. The molecule has 0 fully saturated rings. The second-order valence-electron chi connectivity index (χ2n) is 5.57. The highest BCUT2D eigenvalue weighted by Gasteiger charge is 2.23. The van der Waals surface area contributed by atoms with Crippen LogP contribution in [0, 0.1) is 0 Å². The van der Waals surface area contributed by atoms with Gasteiger partial charge in [0.25, 0.3) is 5.91 Å². The largest absolute Gasteiger partial charge is 0.482 e. The van der Waals surface area contributed by atoms with Crippen LogP contribution in [0.2, 0.25) is 0 Å². The number of hydrogen-bond donors (Lipinski definition) is 3. The number of carbonyl (C=O) groups excluding carboxylic acids is 1. The Balaban J connectivity index is 2.35. The molecule has 1 aromatic rings. The number of nitrogens with one attached hydrogen (secondary N) is 1. The van der Waals surface area contributed by atoms with Gasteiger partial charge in [0.15, 0.2) is 6.61 Å². The Bertz CT molecular complexity index is 523. The lowest BCUT2D eigenvalue weighted by Gasteiger charge is -2.32. The number of benzene rings is 1. The van der Waals surface area contributed by atoms with Gasteiger partial charge in [0.2, 0.25) is 0 Å². The van der Waals surface area contributed by atoms with Gasteiger partial charge < -0.3 is 25.8 Å². The van der Waals surface area contributed by atoms with Crippen LogP contribution in [0.3, 0.4) is 0 Å². The quantitative estimate of drug-likeness (QED) is 0.721. The van der Waals surface area contributed by atoms with Crippen molar-refractivity contribution < 1.29 is 14.6 Å². The number of fused-ring (bicyclic) bond motifs is 1. The van der Waals surface area contributed by atoms with Crippen molar-refractivity contribution in [2.24, 2.45) is 0 Å². The Morgan fingerprint density at radius 2 is 2.20 bits per heavy atom. The molecule has 6 nitrogen and oxygen atoms in total. The minimum Gasteiger partial charge on any atom is -0.482 e. The number of nitrogens with zero attached hydrogens (tertiary/aromatic N) is 1. The number of amides is 1. The Morgan fingerprint density at radius 3 is 2.80 bits per heavy atom. The number of likely N-dealkylation sites (N-methyl/N-ethyl adjacent to an activating group) is 1. The lowest BCUT2D eigenvalue weighted by Crippen LogP contribution is -2.39. The predicted molar refractivity (Wildman–Crippen MR) is 79.2 cm³/mol. The fourth-order valence-corrected chi connectivity index (χ4v) is 2.24. The highest BCUT2D eigenvalue weighted by atomic mass is 16.5. The fraction of sp³-hybridized carbons (Fsp3) is 0.500. The van der Waals surface area contributed by atoms with Crippen LogP contribution in [0.15, 0.2) is 12.1 Å². The van der Waals surface area contributed by atoms with Gasteiger partial charge in [0, 0.05) is 19.2 Å². The first kappa shape index (κ1) is 14.5. The van der Waals surface area contributed by atoms with E-state index in [1.54, 1.807) is 26.0 Å². The number of anilines is 3. The number of hydrogen-bond acceptors (Lipinski definition) is 5. The lowest BCUT2D eigenvalue weighted by molar-refractivity contribution is -0.118. The topological polar surface area (TPSA) is 87.8 Å². The summed E-state index contributed by atoms with van der Waals surface area (Å²) in [7, 11) is 0. The standard InChI is InChI=1S/C14H21N3O3/c1-4-17(8-14(2,3)19)11-6-10-12(5-9(11)15)20-7-13(18)16-10/h5-6,19H,4,7-8,15H2,1-3H3,(H,16,18). The molecule has 0 aliphatic carbocycles. The third-order valence-corrected chi connectivity index (χ3v) is 3.06. The molecule has 1 aromatic carbocycles. The smallest absolute Gasteiger partial charge is 0.262 e. The van der Waals surface area contributed by atoms with Gasteiger partial charge in [-0.2, -0.15) is 0 Å². The average Bonchev–Trinajstić information content (AvgIpc) is 2.35. The molecule has 0 saturated carbocycles. The zero-order valence-electron chi connectivity index (χ0n) is 12.1. The third kappa shape index (κ3) is 3.14. The minimum atomic E-state index is -0.835. The van der Waals surface area contributed by atoms with Crippen LogP contribution in [0.4, 0.5) is 17.1 Å². The first-order valence-corrected chi connectivity index (χ1v) is 6.63. The van der Waals surface area contributed by atoms with Crippen LogP contribution in [0.1, 0.15) is 20.8 Å². The van der Waals surface area contributed by atoms with E-state index in [-0.39, 0.29) is 12.5 Å². The number of nitrogen functional groups attached to an aromatic ring is 1. The summed E-state index contributed by atoms with van der Waals surface area (Å²) in [5, 5.41) is 12.7. The SMILES string of the molecule is CCN(CC(C)(C)O)c1cc2c(cc1N)OCC(=O)N2. The van der Waals surface area contributed by atoms with E-state index in [1.165, 1.54) is 0 Å². The summed E-state index contributed by atoms with van der Waals surface area (Å²) in [4.78, 5) is 13.3. The van der Waals surface area contributed by atoms with E-state index in [1.807, 2.05) is 11.8 Å². The second-order valence-corrected chi connectivity index (χ2v) is 5.57. The molecule has 0 saturated heterocycles. The van der Waals surface area contributed by atoms with Crippen LogP contribution >= 0.6 is 0 Å². The van der Waals surface area contributed by atoms with Crippen molar-refractivity contribution in [3.05, 3.63) is 12.1 Å². The molecule has 1 heterocycles. The number of rotatable bonds is 4. The van der Waals surface area contributed by atoms with Crippen molar-refractivity contribution in [2.75, 3.05) is 35.6 Å². The van der Waals surface area contributed by atoms with Crippen LogP contribution in [0.25, 0.3) is 0 Å². The van der Waals surface area contributed by atoms with E-state index in [0.717, 1.165) is 5.69 Å². The van der Waals surface area contributed by atoms with E-state index >= 15 is 0 Å². The van der Waals surface area contributed by atoms with E-state index in [2.05, 4.69) is 5.32 Å². The van der Waals surface area contributed by atoms with Crippen molar-refractivity contribution in [2.45, 2.75) is 26.4 Å². The summed E-state index contributed by atoms with van der Waals surface area (Å²) >= 11 is 0. The second kappa shape index (κ2) is 5.20. The van der Waals surface area contributed by atoms with Gasteiger partial charge in [-0.3, -0.25) is 4.79 Å². The molecule has 1 aliphatic heterocycles. The summed E-state index contributed by atoms with van der Waals surface area (Å²) < 4.78 is 5.33. The van der Waals surface area contributed by atoms with Crippen molar-refractivity contribution in [3.63, 3.8) is 0 Å². The Hall–Kier alpha value is -1.95. The van der Waals surface area contributed by atoms with E-state index in [0.29, 0.717) is 30.2 Å². The molecule has 0 spiro atoms. The number of carbonyl (C=O) groups is 1. The zero-order valence-corrected chi connectivity index (χ0v) is 12.1. The molecular formula is C14H21N3O3. The molecule has 4 N–H and O–H groups in total. The number of nitrogens with two attached hydrogens (primary N) is 1. The van der Waals surface area contributed by atoms with Crippen LogP contribution in [-0.2, 0) is 4.79 Å². The van der Waals surface area contributed by atoms with Gasteiger partial charge in [0.1, 0.15) is 5.75 Å². The summed E-state index contributed by atoms with van der Waals surface area (Å²) in [5.41, 5.74) is 7.17. The Morgan fingerprint density at radius 1 is 1.50 bits per heavy atom. The molecule has 110 valence electrons. The van der Waals surface area contributed by atoms with Crippen LogP contribution in [-0.4, -0.2) is 36.3 Å². The van der Waals surface area contributed by atoms with Gasteiger partial charge in [-0.25, -0.2) is 0 Å². The Labute approximate surface area is 118 Å². The van der Waals surface area contributed by atoms with Gasteiger partial charge >= 0.3 is 0 Å². The molecule has 2 rings (SSSR count). The first-order chi connectivity index (χ1) is 9.30. The molecule has 0 unspecified atom stereocenters. The lowest BCUT2D eigenvalue weighted by atomic mass is 10.1. The highest BCUT2D eigenvalue weighted by molar-refractivity contribution is 5.97. The van der Waals surface area contributed by atoms with Gasteiger partial charge in [-0.15, -0.1) is 0 Å². The number of aliphatic hydroxyl groups is 1. The third-order valence-electron chi connectivity index (χ3n) is 3.06. The number of ether oxygens (including phenoxy) is 1. The molecular weight excluding hydrogens is 258 g/mol. The molecule has 0 radical (unpaired) electrons. The first-order valence-electron chi connectivity index (χ1n) is 6.63. The van der Waals surface area contributed by atoms with E-state index in [9.17, 15) is 9.90 Å². The summed E-state index contributed by atoms with van der Waals surface area (Å²) in [5.74, 6) is 0.393. The van der Waals surface area contributed by atoms with Crippen LogP contribution < -0.4 is 20.7 Å². The maximum Gasteiger partial charge on any atom is 0.262 e. The van der Waals surface area contributed by atoms with Gasteiger partial charge in [-0.05, 0) is 26.8 Å². The van der Waals surface area contributed by atoms with Crippen molar-refractivity contribution in [1.29, 1.82) is 0 Å². The predicted octanol–water partition coefficient (Wildman–Crippen LogP) is 1.20. The maximum absolute atomic E-state index is 11.4. The highest BCUT2D eigenvalue weighted by Crippen LogP contribution is 2.37. The zero-order chi connectivity index (χ0) is 14.9. The Kier molecular flexibility index (Phi) is 3.76. The normalized spacial score (nSPS) is 14.3. The molecule has 1 aliphatic rings. The van der Waals surface area contributed by atoms with Crippen molar-refractivity contribution in [3.8, 4) is 5.75 Å². The monoisotopic (exact) mass is 279 g/mol. The average molecular weight is 279 g/mol. The fourth-order valence-electron chi connectivity index (χ4n) is 2.24. The van der Waals surface area contributed by atoms with Gasteiger partial charge in [-0.1, -0.05) is 0 Å². The summed E-state index contributed by atoms with van der Waals surface area (Å²) in [6.45, 7) is 6.63. The summed E-state index contributed by atoms with van der Waals surface area (Å²) in [6.07, 6.45) is 0. The molecule has 1 amide bonds. The van der Waals surface area contributed by atoms with Crippen LogP contribution in [0.5, 0.6) is 5.75 Å². The van der Waals surface area contributed by atoms with Crippen molar-refractivity contribution in [1.82, 2.24) is 0 Å². The molecule has 6 heteroatoms. The molecule has 0 bridgehead atoms. The van der Waals surface area contributed by atoms with E-state index in [4.69, 9.17) is 10.5 Å². The van der Waals surface area contributed by atoms with Crippen molar-refractivity contribution >= 4 is 23.0 Å². The summed E-state index contributed by atoms with van der Waals surface area (Å²) in [6, 6.07) is 3.49. The molecule has 0 aromatic heterocycles.